The van der Waals surface area contributed by atoms with E-state index in [1.54, 1.807) is 36.4 Å². The van der Waals surface area contributed by atoms with Gasteiger partial charge < -0.3 is 10.4 Å². The van der Waals surface area contributed by atoms with E-state index in [0.29, 0.717) is 15.7 Å². The number of halogens is 1. The van der Waals surface area contributed by atoms with Crippen molar-refractivity contribution in [2.75, 3.05) is 5.32 Å². The van der Waals surface area contributed by atoms with Gasteiger partial charge in [-0.2, -0.15) is 0 Å². The fourth-order valence-corrected chi connectivity index (χ4v) is 2.38. The smallest absolute Gasteiger partial charge is 0.335 e. The molecule has 0 bridgehead atoms. The highest BCUT2D eigenvalue weighted by atomic mass is 79.9. The van der Waals surface area contributed by atoms with Crippen LogP contribution in [0.15, 0.2) is 53.0 Å². The van der Waals surface area contributed by atoms with Gasteiger partial charge in [0.2, 0.25) is 0 Å². The molecule has 0 aliphatic rings. The first kappa shape index (κ1) is 16.1. The van der Waals surface area contributed by atoms with E-state index in [4.69, 9.17) is 17.3 Å². The molecule has 3 N–H and O–H groups in total. The summed E-state index contributed by atoms with van der Waals surface area (Å²) in [5.74, 6) is -1.40. The van der Waals surface area contributed by atoms with Crippen molar-refractivity contribution in [3.05, 3.63) is 64.1 Å². The third-order valence-electron chi connectivity index (χ3n) is 2.71. The Hall–Kier alpha value is -2.25. The Morgan fingerprint density at radius 3 is 2.50 bits per heavy atom. The van der Waals surface area contributed by atoms with Crippen LogP contribution >= 0.6 is 28.1 Å². The second-order valence-electron chi connectivity index (χ2n) is 4.27. The van der Waals surface area contributed by atoms with Crippen LogP contribution in [0.5, 0.6) is 0 Å². The summed E-state index contributed by atoms with van der Waals surface area (Å²) in [7, 11) is 0. The van der Waals surface area contributed by atoms with Gasteiger partial charge in [0.1, 0.15) is 0 Å². The van der Waals surface area contributed by atoms with Gasteiger partial charge in [-0.15, -0.1) is 0 Å². The number of carbonyl (C=O) groups excluding carboxylic acids is 1. The number of hydrogen-bond acceptors (Lipinski definition) is 3. The number of carboxylic acids is 1. The molecule has 1 amide bonds. The molecule has 112 valence electrons. The Bertz CT molecular complexity index is 749. The number of rotatable bonds is 3. The number of nitrogens with one attached hydrogen (secondary N) is 2. The Morgan fingerprint density at radius 2 is 1.82 bits per heavy atom. The Labute approximate surface area is 140 Å². The van der Waals surface area contributed by atoms with Crippen LogP contribution in [0, 0.1) is 0 Å². The first-order chi connectivity index (χ1) is 10.5. The Kier molecular flexibility index (Phi) is 5.24. The van der Waals surface area contributed by atoms with Crippen molar-refractivity contribution >= 4 is 50.8 Å². The molecule has 22 heavy (non-hydrogen) atoms. The highest BCUT2D eigenvalue weighted by Crippen LogP contribution is 2.15. The van der Waals surface area contributed by atoms with Gasteiger partial charge >= 0.3 is 5.97 Å². The highest BCUT2D eigenvalue weighted by Gasteiger charge is 2.11. The lowest BCUT2D eigenvalue weighted by Gasteiger charge is -2.10. The van der Waals surface area contributed by atoms with Crippen LogP contribution in [-0.4, -0.2) is 22.1 Å². The molecule has 0 aromatic heterocycles. The van der Waals surface area contributed by atoms with E-state index in [9.17, 15) is 9.59 Å². The maximum atomic E-state index is 12.1. The molecule has 0 aliphatic carbocycles. The molecule has 0 unspecified atom stereocenters. The van der Waals surface area contributed by atoms with Crippen molar-refractivity contribution in [3.63, 3.8) is 0 Å². The number of carbonyl (C=O) groups is 2. The maximum Gasteiger partial charge on any atom is 0.335 e. The van der Waals surface area contributed by atoms with Crippen molar-refractivity contribution in [1.29, 1.82) is 0 Å². The molecule has 2 aromatic carbocycles. The molecule has 0 radical (unpaired) electrons. The van der Waals surface area contributed by atoms with Gasteiger partial charge in [0.15, 0.2) is 5.11 Å². The summed E-state index contributed by atoms with van der Waals surface area (Å²) in [6.07, 6.45) is 0. The minimum absolute atomic E-state index is 0.0864. The topological polar surface area (TPSA) is 78.4 Å². The molecule has 0 saturated carbocycles. The number of thiocarbonyl (C=S) groups is 1. The number of anilines is 1. The van der Waals surface area contributed by atoms with E-state index in [-0.39, 0.29) is 16.6 Å². The average Bonchev–Trinajstić information content (AvgIpc) is 2.47. The van der Waals surface area contributed by atoms with Crippen LogP contribution in [-0.2, 0) is 0 Å². The van der Waals surface area contributed by atoms with Gasteiger partial charge in [-0.3, -0.25) is 10.1 Å². The van der Waals surface area contributed by atoms with Crippen molar-refractivity contribution in [1.82, 2.24) is 5.32 Å². The van der Waals surface area contributed by atoms with Crippen LogP contribution in [0.2, 0.25) is 0 Å². The van der Waals surface area contributed by atoms with Crippen molar-refractivity contribution in [2.45, 2.75) is 0 Å². The zero-order chi connectivity index (χ0) is 16.1. The largest absolute Gasteiger partial charge is 0.478 e. The lowest BCUT2D eigenvalue weighted by molar-refractivity contribution is 0.0696. The molecule has 0 saturated heterocycles. The summed E-state index contributed by atoms with van der Waals surface area (Å²) in [5, 5.41) is 14.3. The van der Waals surface area contributed by atoms with Gasteiger partial charge in [-0.25, -0.2) is 4.79 Å². The third-order valence-corrected chi connectivity index (χ3v) is 3.61. The number of benzene rings is 2. The molecule has 2 aromatic rings. The standard InChI is InChI=1S/C15H11BrN2O3S/c16-12-7-2-1-6-11(12)13(19)18-15(22)17-10-5-3-4-9(8-10)14(20)21/h1-8H,(H,20,21)(H2,17,18,19,22). The lowest BCUT2D eigenvalue weighted by Crippen LogP contribution is -2.34. The zero-order valence-corrected chi connectivity index (χ0v) is 13.6. The second-order valence-corrected chi connectivity index (χ2v) is 5.54. The SMILES string of the molecule is O=C(O)c1cccc(NC(=S)NC(=O)c2ccccc2Br)c1. The first-order valence-electron chi connectivity index (χ1n) is 6.17. The van der Waals surface area contributed by atoms with E-state index >= 15 is 0 Å². The van der Waals surface area contributed by atoms with Gasteiger partial charge in [0.05, 0.1) is 11.1 Å². The molecule has 0 atom stereocenters. The summed E-state index contributed by atoms with van der Waals surface area (Å²) >= 11 is 8.35. The second kappa shape index (κ2) is 7.15. The summed E-state index contributed by atoms with van der Waals surface area (Å²) in [5.41, 5.74) is 1.06. The van der Waals surface area contributed by atoms with E-state index in [0.717, 1.165) is 0 Å². The van der Waals surface area contributed by atoms with Crippen LogP contribution in [0.4, 0.5) is 5.69 Å². The highest BCUT2D eigenvalue weighted by molar-refractivity contribution is 9.10. The van der Waals surface area contributed by atoms with Gasteiger partial charge in [-0.05, 0) is 58.5 Å². The lowest BCUT2D eigenvalue weighted by atomic mass is 10.2. The minimum atomic E-state index is -1.04. The van der Waals surface area contributed by atoms with Gasteiger partial charge in [0, 0.05) is 10.2 Å². The minimum Gasteiger partial charge on any atom is -0.478 e. The third kappa shape index (κ3) is 4.12. The van der Waals surface area contributed by atoms with Gasteiger partial charge in [-0.1, -0.05) is 18.2 Å². The Morgan fingerprint density at radius 1 is 1.09 bits per heavy atom. The fraction of sp³-hybridized carbons (Fsp3) is 0. The van der Waals surface area contributed by atoms with Crippen LogP contribution < -0.4 is 10.6 Å². The monoisotopic (exact) mass is 378 g/mol. The Balaban J connectivity index is 2.04. The first-order valence-corrected chi connectivity index (χ1v) is 7.37. The van der Waals surface area contributed by atoms with E-state index in [2.05, 4.69) is 26.6 Å². The normalized spacial score (nSPS) is 9.86. The van der Waals surface area contributed by atoms with Gasteiger partial charge in [0.25, 0.3) is 5.91 Å². The zero-order valence-electron chi connectivity index (χ0n) is 11.2. The molecular weight excluding hydrogens is 368 g/mol. The molecule has 0 heterocycles. The summed E-state index contributed by atoms with van der Waals surface area (Å²) < 4.78 is 0.656. The molecule has 0 aliphatic heterocycles. The van der Waals surface area contributed by atoms with Crippen LogP contribution in [0.1, 0.15) is 20.7 Å². The molecular formula is C15H11BrN2O3S. The number of hydrogen-bond donors (Lipinski definition) is 3. The van der Waals surface area contributed by atoms with Crippen molar-refractivity contribution in [3.8, 4) is 0 Å². The van der Waals surface area contributed by atoms with E-state index < -0.39 is 5.97 Å². The number of aromatic carboxylic acids is 1. The van der Waals surface area contributed by atoms with Crippen molar-refractivity contribution in [2.24, 2.45) is 0 Å². The molecule has 0 fully saturated rings. The van der Waals surface area contributed by atoms with Crippen LogP contribution in [0.3, 0.4) is 0 Å². The maximum absolute atomic E-state index is 12.1. The summed E-state index contributed by atoms with van der Waals surface area (Å²) in [6.45, 7) is 0. The number of amides is 1. The predicted octanol–water partition coefficient (Wildman–Crippen LogP) is 3.27. The molecule has 7 heteroatoms. The molecule has 0 spiro atoms. The molecule has 5 nitrogen and oxygen atoms in total. The predicted molar refractivity (Wildman–Crippen MR) is 91.2 cm³/mol. The summed E-state index contributed by atoms with van der Waals surface area (Å²) in [6, 6.07) is 13.1. The van der Waals surface area contributed by atoms with Crippen LogP contribution in [0.25, 0.3) is 0 Å². The van der Waals surface area contributed by atoms with E-state index in [1.165, 1.54) is 12.1 Å². The quantitative estimate of drug-likeness (QED) is 0.714. The van der Waals surface area contributed by atoms with E-state index in [1.807, 2.05) is 0 Å². The van der Waals surface area contributed by atoms with Crippen molar-refractivity contribution < 1.29 is 14.7 Å². The fourth-order valence-electron chi connectivity index (χ4n) is 1.71. The average molecular weight is 379 g/mol. The summed E-state index contributed by atoms with van der Waals surface area (Å²) in [4.78, 5) is 23.0. The number of carboxylic acid groups (broad SMARTS) is 1. The molecule has 2 rings (SSSR count).